The van der Waals surface area contributed by atoms with Crippen molar-refractivity contribution < 1.29 is 38.1 Å². The average Bonchev–Trinajstić information content (AvgIpc) is 3.25. The summed E-state index contributed by atoms with van der Waals surface area (Å²) in [6.45, 7) is 1.19. The number of aliphatic hydroxyl groups excluding tert-OH is 2. The number of aliphatic hydroxyl groups is 2. The van der Waals surface area contributed by atoms with Crippen LogP contribution in [0.4, 0.5) is 8.78 Å². The van der Waals surface area contributed by atoms with Crippen molar-refractivity contribution in [2.24, 2.45) is 0 Å². The summed E-state index contributed by atoms with van der Waals surface area (Å²) in [5, 5.41) is 37.5. The molecule has 12 heteroatoms. The lowest BCUT2D eigenvalue weighted by Gasteiger charge is -2.28. The Hall–Kier alpha value is -5.74. The highest BCUT2D eigenvalue weighted by atomic mass is 35.5. The average molecular weight is 818 g/mol. The van der Waals surface area contributed by atoms with Gasteiger partial charge in [-0.3, -0.25) is 9.59 Å². The molecule has 0 bridgehead atoms. The first-order chi connectivity index (χ1) is 28.6. The van der Waals surface area contributed by atoms with E-state index in [0.717, 1.165) is 33.0 Å². The highest BCUT2D eigenvalue weighted by Crippen LogP contribution is 2.30. The molecule has 2 amide bonds. The first kappa shape index (κ1) is 41.4. The Balaban J connectivity index is 0.000000179. The van der Waals surface area contributed by atoms with Crippen LogP contribution < -0.4 is 10.6 Å². The lowest BCUT2D eigenvalue weighted by Crippen LogP contribution is -2.48. The van der Waals surface area contributed by atoms with Crippen LogP contribution in [0.25, 0.3) is 21.5 Å². The third-order valence-corrected chi connectivity index (χ3v) is 10.9. The molecular formula is C47H42ClF2N3O6. The topological polar surface area (TPSA) is 141 Å². The third kappa shape index (κ3) is 9.77. The van der Waals surface area contributed by atoms with Gasteiger partial charge in [0.2, 0.25) is 0 Å². The number of benzene rings is 6. The Morgan fingerprint density at radius 1 is 0.661 bits per heavy atom. The molecule has 0 saturated carbocycles. The fourth-order valence-electron chi connectivity index (χ4n) is 7.47. The summed E-state index contributed by atoms with van der Waals surface area (Å²) in [6, 6.07) is 33.2. The van der Waals surface area contributed by atoms with Gasteiger partial charge >= 0.3 is 0 Å². The highest BCUT2D eigenvalue weighted by molar-refractivity contribution is 6.30. The smallest absolute Gasteiger partial charge is 0.254 e. The van der Waals surface area contributed by atoms with Crippen molar-refractivity contribution in [3.8, 4) is 6.07 Å². The van der Waals surface area contributed by atoms with Gasteiger partial charge in [0.05, 0.1) is 60.3 Å². The number of ether oxygens (including phenoxy) is 2. The van der Waals surface area contributed by atoms with Gasteiger partial charge in [-0.15, -0.1) is 0 Å². The van der Waals surface area contributed by atoms with Crippen LogP contribution in [0, 0.1) is 23.0 Å². The summed E-state index contributed by atoms with van der Waals surface area (Å²) in [5.74, 6) is -2.21. The number of halogens is 3. The van der Waals surface area contributed by atoms with Crippen molar-refractivity contribution >= 4 is 45.0 Å². The third-order valence-electron chi connectivity index (χ3n) is 10.7. The maximum Gasteiger partial charge on any atom is 0.254 e. The number of fused-ring (bicyclic) bond motifs is 2. The minimum absolute atomic E-state index is 0.0219. The molecule has 4 N–H and O–H groups in total. The van der Waals surface area contributed by atoms with Gasteiger partial charge in [0.1, 0.15) is 11.6 Å². The van der Waals surface area contributed by atoms with E-state index in [1.165, 1.54) is 0 Å². The standard InChI is InChI=1S/C24H21FN2O3.C23H21ClFNO3/c25-23-19-4-2-1-3-18(19)17(11-15-5-7-16(13-26)8-6-15)12-20(23)24(29)27-21-9-10-30-14-22(21)28;24-16-7-5-14(6-8-16)11-15-12-19(22(25)18-4-2-1-3-17(15)18)23(28)26-20-9-10-29-13-21(20)27/h1-8,12,21-22,28H,9-11,14H2,(H,27,29);1-8,12,20-21,27H,9-11,13H2,(H,26,28). The van der Waals surface area contributed by atoms with Gasteiger partial charge in [-0.25, -0.2) is 8.78 Å². The molecule has 9 nitrogen and oxygen atoms in total. The van der Waals surface area contributed by atoms with E-state index in [1.54, 1.807) is 48.5 Å². The lowest BCUT2D eigenvalue weighted by atomic mass is 9.94. The maximum absolute atomic E-state index is 15.2. The minimum Gasteiger partial charge on any atom is -0.389 e. The summed E-state index contributed by atoms with van der Waals surface area (Å²) in [6.07, 6.45) is 0.374. The van der Waals surface area contributed by atoms with Crippen LogP contribution >= 0.6 is 11.6 Å². The predicted molar refractivity (Wildman–Crippen MR) is 221 cm³/mol. The van der Waals surface area contributed by atoms with E-state index in [4.69, 9.17) is 26.3 Å². The SMILES string of the molecule is N#Cc1ccc(Cc2cc(C(=O)NC3CCOCC3O)c(F)c3ccccc23)cc1.O=C(NC1CCOCC1O)c1cc(Cc2ccc(Cl)cc2)c2ccccc2c1F. The Labute approximate surface area is 345 Å². The van der Waals surface area contributed by atoms with Gasteiger partial charge in [-0.1, -0.05) is 84.4 Å². The molecule has 4 atom stereocenters. The van der Waals surface area contributed by atoms with E-state index in [2.05, 4.69) is 16.7 Å². The van der Waals surface area contributed by atoms with Gasteiger partial charge in [0.15, 0.2) is 0 Å². The number of nitrogens with zero attached hydrogens (tertiary/aromatic N) is 1. The van der Waals surface area contributed by atoms with Gasteiger partial charge in [-0.2, -0.15) is 5.26 Å². The summed E-state index contributed by atoms with van der Waals surface area (Å²) in [7, 11) is 0. The Kier molecular flexibility index (Phi) is 13.3. The fourth-order valence-corrected chi connectivity index (χ4v) is 7.59. The summed E-state index contributed by atoms with van der Waals surface area (Å²) in [4.78, 5) is 25.7. The largest absolute Gasteiger partial charge is 0.389 e. The van der Waals surface area contributed by atoms with Crippen LogP contribution in [0.1, 0.15) is 61.4 Å². The van der Waals surface area contributed by atoms with E-state index < -0.39 is 47.7 Å². The van der Waals surface area contributed by atoms with Crippen molar-refractivity contribution in [3.63, 3.8) is 0 Å². The molecular weight excluding hydrogens is 776 g/mol. The van der Waals surface area contributed by atoms with Crippen LogP contribution in [0.5, 0.6) is 0 Å². The van der Waals surface area contributed by atoms with Crippen molar-refractivity contribution in [3.05, 3.63) is 165 Å². The Morgan fingerprint density at radius 2 is 1.07 bits per heavy atom. The zero-order chi connectivity index (χ0) is 41.5. The van der Waals surface area contributed by atoms with Gasteiger partial charge in [-0.05, 0) is 95.1 Å². The second kappa shape index (κ2) is 18.9. The minimum atomic E-state index is -0.815. The van der Waals surface area contributed by atoms with Crippen LogP contribution in [-0.4, -0.2) is 72.7 Å². The van der Waals surface area contributed by atoms with E-state index in [0.29, 0.717) is 60.3 Å². The predicted octanol–water partition coefficient (Wildman–Crippen LogP) is 7.42. The molecule has 8 rings (SSSR count). The van der Waals surface area contributed by atoms with Gasteiger partial charge in [0.25, 0.3) is 11.8 Å². The van der Waals surface area contributed by atoms with E-state index >= 15 is 8.78 Å². The number of nitrogens with one attached hydrogen (secondary N) is 2. The number of carbonyl (C=O) groups is 2. The number of carbonyl (C=O) groups excluding carboxylic acids is 2. The number of amides is 2. The molecule has 6 aromatic rings. The highest BCUT2D eigenvalue weighted by Gasteiger charge is 2.29. The molecule has 0 aliphatic carbocycles. The zero-order valence-electron chi connectivity index (χ0n) is 32.0. The van der Waals surface area contributed by atoms with E-state index in [-0.39, 0.29) is 24.3 Å². The number of hydrogen-bond donors (Lipinski definition) is 4. The molecule has 2 fully saturated rings. The second-order valence-corrected chi connectivity index (χ2v) is 15.1. The molecule has 2 saturated heterocycles. The van der Waals surface area contributed by atoms with Crippen molar-refractivity contribution in [2.75, 3.05) is 26.4 Å². The van der Waals surface area contributed by atoms with Crippen LogP contribution in [0.2, 0.25) is 5.02 Å². The first-order valence-corrected chi connectivity index (χ1v) is 19.7. The monoisotopic (exact) mass is 817 g/mol. The Bertz CT molecular complexity index is 2510. The van der Waals surface area contributed by atoms with Crippen LogP contribution in [0.3, 0.4) is 0 Å². The molecule has 2 heterocycles. The zero-order valence-corrected chi connectivity index (χ0v) is 32.7. The lowest BCUT2D eigenvalue weighted by molar-refractivity contribution is -0.0261. The molecule has 2 aliphatic heterocycles. The van der Waals surface area contributed by atoms with E-state index in [9.17, 15) is 19.8 Å². The second-order valence-electron chi connectivity index (χ2n) is 14.7. The van der Waals surface area contributed by atoms with Crippen molar-refractivity contribution in [1.29, 1.82) is 5.26 Å². The molecule has 59 heavy (non-hydrogen) atoms. The van der Waals surface area contributed by atoms with Gasteiger partial charge < -0.3 is 30.3 Å². The van der Waals surface area contributed by atoms with Gasteiger partial charge in [0, 0.05) is 29.0 Å². The molecule has 302 valence electrons. The molecule has 0 spiro atoms. The Morgan fingerprint density at radius 3 is 1.47 bits per heavy atom. The summed E-state index contributed by atoms with van der Waals surface area (Å²) < 4.78 is 40.8. The van der Waals surface area contributed by atoms with E-state index in [1.807, 2.05) is 60.7 Å². The fraction of sp³-hybridized carbons (Fsp3) is 0.255. The molecule has 0 aromatic heterocycles. The summed E-state index contributed by atoms with van der Waals surface area (Å²) >= 11 is 5.97. The molecule has 6 aromatic carbocycles. The normalized spacial score (nSPS) is 19.0. The first-order valence-electron chi connectivity index (χ1n) is 19.4. The summed E-state index contributed by atoms with van der Waals surface area (Å²) in [5.41, 5.74) is 4.13. The quantitative estimate of drug-likeness (QED) is 0.125. The van der Waals surface area contributed by atoms with Crippen LogP contribution in [0.15, 0.2) is 109 Å². The van der Waals surface area contributed by atoms with Crippen LogP contribution in [-0.2, 0) is 22.3 Å². The maximum atomic E-state index is 15.2. The van der Waals surface area contributed by atoms with Crippen molar-refractivity contribution in [2.45, 2.75) is 50.0 Å². The number of nitriles is 1. The number of rotatable bonds is 8. The number of hydrogen-bond acceptors (Lipinski definition) is 7. The molecule has 2 aliphatic rings. The molecule has 4 unspecified atom stereocenters. The van der Waals surface area contributed by atoms with Crippen molar-refractivity contribution in [1.82, 2.24) is 10.6 Å². The molecule has 0 radical (unpaired) electrons.